The van der Waals surface area contributed by atoms with E-state index in [0.717, 1.165) is 18.6 Å². The summed E-state index contributed by atoms with van der Waals surface area (Å²) in [5.74, 6) is 1.30. The molecule has 3 nitrogen and oxygen atoms in total. The largest absolute Gasteiger partial charge is 0.496 e. The van der Waals surface area contributed by atoms with Gasteiger partial charge in [0.15, 0.2) is 6.29 Å². The van der Waals surface area contributed by atoms with Crippen LogP contribution in [0.4, 0.5) is 0 Å². The van der Waals surface area contributed by atoms with Crippen LogP contribution in [0.25, 0.3) is 0 Å². The second kappa shape index (κ2) is 4.85. The molecule has 1 aliphatic rings. The topological polar surface area (TPSA) is 27.7 Å². The van der Waals surface area contributed by atoms with Gasteiger partial charge in [-0.05, 0) is 30.0 Å². The summed E-state index contributed by atoms with van der Waals surface area (Å²) in [6.07, 6.45) is 1.93. The summed E-state index contributed by atoms with van der Waals surface area (Å²) in [6.45, 7) is 0. The van der Waals surface area contributed by atoms with Gasteiger partial charge in [-0.3, -0.25) is 0 Å². The number of hydrogen-bond donors (Lipinski definition) is 0. The van der Waals surface area contributed by atoms with Crippen molar-refractivity contribution in [2.45, 2.75) is 25.0 Å². The second-order valence-corrected chi connectivity index (χ2v) is 4.01. The molecule has 0 heterocycles. The standard InChI is InChI=1S/C13H18O3/c1-14-12-6-4-5-9-10(12)7-8-11(9)13(15-2)16-3/h4-6,11,13H,7-8H2,1-3H3. The molecule has 0 aliphatic heterocycles. The Morgan fingerprint density at radius 3 is 2.56 bits per heavy atom. The Morgan fingerprint density at radius 1 is 1.19 bits per heavy atom. The number of hydrogen-bond acceptors (Lipinski definition) is 3. The molecule has 1 aromatic carbocycles. The third-order valence-electron chi connectivity index (χ3n) is 3.29. The molecule has 0 N–H and O–H groups in total. The predicted molar refractivity (Wildman–Crippen MR) is 61.9 cm³/mol. The van der Waals surface area contributed by atoms with Crippen LogP contribution in [0.3, 0.4) is 0 Å². The zero-order chi connectivity index (χ0) is 11.5. The van der Waals surface area contributed by atoms with Crippen LogP contribution in [0.5, 0.6) is 5.75 Å². The van der Waals surface area contributed by atoms with Gasteiger partial charge in [0.25, 0.3) is 0 Å². The Labute approximate surface area is 96.3 Å². The lowest BCUT2D eigenvalue weighted by Gasteiger charge is -2.21. The Morgan fingerprint density at radius 2 is 1.94 bits per heavy atom. The van der Waals surface area contributed by atoms with E-state index in [0.29, 0.717) is 5.92 Å². The summed E-state index contributed by atoms with van der Waals surface area (Å²) in [5, 5.41) is 0. The Balaban J connectivity index is 2.32. The molecule has 16 heavy (non-hydrogen) atoms. The maximum atomic E-state index is 5.37. The van der Waals surface area contributed by atoms with Crippen molar-refractivity contribution in [3.63, 3.8) is 0 Å². The summed E-state index contributed by atoms with van der Waals surface area (Å²) in [4.78, 5) is 0. The van der Waals surface area contributed by atoms with Crippen LogP contribution in [-0.4, -0.2) is 27.6 Å². The van der Waals surface area contributed by atoms with Gasteiger partial charge in [0.05, 0.1) is 7.11 Å². The van der Waals surface area contributed by atoms with E-state index in [1.165, 1.54) is 11.1 Å². The minimum absolute atomic E-state index is 0.159. The molecule has 0 aromatic heterocycles. The van der Waals surface area contributed by atoms with E-state index >= 15 is 0 Å². The average molecular weight is 222 g/mol. The quantitative estimate of drug-likeness (QED) is 0.732. The van der Waals surface area contributed by atoms with E-state index in [4.69, 9.17) is 14.2 Å². The molecular weight excluding hydrogens is 204 g/mol. The molecule has 0 radical (unpaired) electrons. The van der Waals surface area contributed by atoms with Crippen LogP contribution in [0.2, 0.25) is 0 Å². The van der Waals surface area contributed by atoms with Crippen molar-refractivity contribution in [3.8, 4) is 5.75 Å². The minimum atomic E-state index is -0.159. The molecule has 0 saturated heterocycles. The fourth-order valence-corrected chi connectivity index (χ4v) is 2.55. The summed E-state index contributed by atoms with van der Waals surface area (Å²) in [5.41, 5.74) is 2.60. The van der Waals surface area contributed by atoms with Gasteiger partial charge in [0.1, 0.15) is 5.75 Å². The lowest BCUT2D eigenvalue weighted by atomic mass is 10.0. The monoisotopic (exact) mass is 222 g/mol. The van der Waals surface area contributed by atoms with Gasteiger partial charge in [0.2, 0.25) is 0 Å². The molecule has 1 atom stereocenters. The van der Waals surface area contributed by atoms with Crippen molar-refractivity contribution in [3.05, 3.63) is 29.3 Å². The molecule has 0 saturated carbocycles. The Kier molecular flexibility index (Phi) is 3.46. The average Bonchev–Trinajstić information content (AvgIpc) is 2.75. The Bertz CT molecular complexity index is 358. The van der Waals surface area contributed by atoms with Gasteiger partial charge >= 0.3 is 0 Å². The molecule has 0 bridgehead atoms. The smallest absolute Gasteiger partial charge is 0.163 e. The van der Waals surface area contributed by atoms with Gasteiger partial charge in [0, 0.05) is 20.1 Å². The summed E-state index contributed by atoms with van der Waals surface area (Å²) < 4.78 is 16.1. The molecule has 0 amide bonds. The summed E-state index contributed by atoms with van der Waals surface area (Å²) in [7, 11) is 5.09. The van der Waals surface area contributed by atoms with Crippen LogP contribution in [0, 0.1) is 0 Å². The first-order valence-corrected chi connectivity index (χ1v) is 5.53. The minimum Gasteiger partial charge on any atom is -0.496 e. The van der Waals surface area contributed by atoms with E-state index in [1.807, 2.05) is 12.1 Å². The predicted octanol–water partition coefficient (Wildman–Crippen LogP) is 2.34. The number of benzene rings is 1. The van der Waals surface area contributed by atoms with Gasteiger partial charge < -0.3 is 14.2 Å². The van der Waals surface area contributed by atoms with Gasteiger partial charge in [-0.15, -0.1) is 0 Å². The highest BCUT2D eigenvalue weighted by Crippen LogP contribution is 2.40. The highest BCUT2D eigenvalue weighted by molar-refractivity contribution is 5.45. The van der Waals surface area contributed by atoms with Crippen LogP contribution >= 0.6 is 0 Å². The molecule has 0 fully saturated rings. The SMILES string of the molecule is COc1cccc2c1CCC2C(OC)OC. The second-order valence-electron chi connectivity index (χ2n) is 4.01. The molecule has 0 spiro atoms. The maximum Gasteiger partial charge on any atom is 0.163 e. The van der Waals surface area contributed by atoms with Crippen LogP contribution < -0.4 is 4.74 Å². The highest BCUT2D eigenvalue weighted by Gasteiger charge is 2.31. The molecule has 2 rings (SSSR count). The van der Waals surface area contributed by atoms with E-state index in [9.17, 15) is 0 Å². The number of methoxy groups -OCH3 is 3. The first kappa shape index (κ1) is 11.4. The van der Waals surface area contributed by atoms with Crippen molar-refractivity contribution < 1.29 is 14.2 Å². The third kappa shape index (κ3) is 1.81. The molecule has 1 unspecified atom stereocenters. The number of rotatable bonds is 4. The fraction of sp³-hybridized carbons (Fsp3) is 0.538. The summed E-state index contributed by atoms with van der Waals surface area (Å²) >= 11 is 0. The zero-order valence-corrected chi connectivity index (χ0v) is 10.0. The van der Waals surface area contributed by atoms with Crippen molar-refractivity contribution in [1.82, 2.24) is 0 Å². The van der Waals surface area contributed by atoms with E-state index < -0.39 is 0 Å². The Hall–Kier alpha value is -1.06. The van der Waals surface area contributed by atoms with Crippen LogP contribution in [0.15, 0.2) is 18.2 Å². The van der Waals surface area contributed by atoms with Crippen LogP contribution in [0.1, 0.15) is 23.5 Å². The molecule has 1 aromatic rings. The lowest BCUT2D eigenvalue weighted by molar-refractivity contribution is -0.117. The summed E-state index contributed by atoms with van der Waals surface area (Å²) in [6, 6.07) is 6.18. The van der Waals surface area contributed by atoms with Gasteiger partial charge in [-0.25, -0.2) is 0 Å². The van der Waals surface area contributed by atoms with E-state index in [-0.39, 0.29) is 6.29 Å². The van der Waals surface area contributed by atoms with Gasteiger partial charge in [-0.1, -0.05) is 12.1 Å². The molecule has 88 valence electrons. The third-order valence-corrected chi connectivity index (χ3v) is 3.29. The van der Waals surface area contributed by atoms with Gasteiger partial charge in [-0.2, -0.15) is 0 Å². The van der Waals surface area contributed by atoms with Crippen molar-refractivity contribution in [2.24, 2.45) is 0 Å². The number of fused-ring (bicyclic) bond motifs is 1. The first-order chi connectivity index (χ1) is 7.81. The molecule has 1 aliphatic carbocycles. The van der Waals surface area contributed by atoms with E-state index in [1.54, 1.807) is 21.3 Å². The highest BCUT2D eigenvalue weighted by atomic mass is 16.7. The number of ether oxygens (including phenoxy) is 3. The lowest BCUT2D eigenvalue weighted by Crippen LogP contribution is -2.21. The molecule has 3 heteroatoms. The normalized spacial score (nSPS) is 18.9. The fourth-order valence-electron chi connectivity index (χ4n) is 2.55. The van der Waals surface area contributed by atoms with Crippen molar-refractivity contribution >= 4 is 0 Å². The zero-order valence-electron chi connectivity index (χ0n) is 10.0. The van der Waals surface area contributed by atoms with Crippen LogP contribution in [-0.2, 0) is 15.9 Å². The maximum absolute atomic E-state index is 5.37. The van der Waals surface area contributed by atoms with Crippen molar-refractivity contribution in [2.75, 3.05) is 21.3 Å². The van der Waals surface area contributed by atoms with E-state index in [2.05, 4.69) is 6.07 Å². The first-order valence-electron chi connectivity index (χ1n) is 5.53. The van der Waals surface area contributed by atoms with Crippen molar-refractivity contribution in [1.29, 1.82) is 0 Å². The molecular formula is C13H18O3.